The highest BCUT2D eigenvalue weighted by molar-refractivity contribution is 8.00. The van der Waals surface area contributed by atoms with Gasteiger partial charge in [0.25, 0.3) is 0 Å². The van der Waals surface area contributed by atoms with Crippen molar-refractivity contribution < 1.29 is 14.3 Å². The van der Waals surface area contributed by atoms with Gasteiger partial charge in [-0.3, -0.25) is 10.1 Å². The number of carbonyl (C=O) groups is 2. The average molecular weight is 469 g/mol. The van der Waals surface area contributed by atoms with Gasteiger partial charge in [-0.05, 0) is 28.7 Å². The van der Waals surface area contributed by atoms with E-state index in [9.17, 15) is 9.59 Å². The smallest absolute Gasteiger partial charge is 0.321 e. The Balaban J connectivity index is 1.72. The highest BCUT2D eigenvalue weighted by atomic mass is 32.2. The molecule has 33 heavy (non-hydrogen) atoms. The van der Waals surface area contributed by atoms with E-state index in [4.69, 9.17) is 10.6 Å². The molecule has 1 aromatic heterocycles. The molecular weight excluding hydrogens is 440 g/mol. The summed E-state index contributed by atoms with van der Waals surface area (Å²) in [5.41, 5.74) is 1.96. The van der Waals surface area contributed by atoms with Crippen molar-refractivity contribution in [1.82, 2.24) is 25.5 Å². The monoisotopic (exact) mass is 468 g/mol. The molecule has 0 radical (unpaired) electrons. The summed E-state index contributed by atoms with van der Waals surface area (Å²) < 4.78 is 7.10. The second-order valence-electron chi connectivity index (χ2n) is 8.31. The predicted molar refractivity (Wildman–Crippen MR) is 127 cm³/mol. The van der Waals surface area contributed by atoms with Gasteiger partial charge in [0.1, 0.15) is 17.6 Å². The summed E-state index contributed by atoms with van der Waals surface area (Å²) in [4.78, 5) is 24.4. The molecule has 0 aliphatic carbocycles. The first-order chi connectivity index (χ1) is 15.7. The number of ether oxygens (including phenoxy) is 1. The number of nitrogens with one attached hydrogen (secondary N) is 2. The van der Waals surface area contributed by atoms with E-state index in [2.05, 4.69) is 41.6 Å². The molecule has 0 aliphatic heterocycles. The number of nitrogen functional groups attached to an aromatic ring is 1. The molecule has 3 rings (SSSR count). The quantitative estimate of drug-likeness (QED) is 0.359. The molecule has 3 amide bonds. The molecule has 1 heterocycles. The van der Waals surface area contributed by atoms with Crippen LogP contribution in [0, 0.1) is 0 Å². The van der Waals surface area contributed by atoms with Crippen LogP contribution in [-0.4, -0.2) is 33.9 Å². The Bertz CT molecular complexity index is 1090. The van der Waals surface area contributed by atoms with Crippen molar-refractivity contribution in [3.63, 3.8) is 0 Å². The summed E-state index contributed by atoms with van der Waals surface area (Å²) in [6, 6.07) is 16.3. The number of hydrogen-bond donors (Lipinski definition) is 3. The maximum atomic E-state index is 12.7. The molecule has 3 aromatic rings. The van der Waals surface area contributed by atoms with Crippen molar-refractivity contribution in [2.24, 2.45) is 0 Å². The third kappa shape index (κ3) is 6.26. The zero-order valence-corrected chi connectivity index (χ0v) is 19.8. The van der Waals surface area contributed by atoms with Crippen LogP contribution in [0.5, 0.6) is 5.75 Å². The van der Waals surface area contributed by atoms with Gasteiger partial charge in [-0.25, -0.2) is 9.47 Å². The first-order valence-corrected chi connectivity index (χ1v) is 11.2. The third-order valence-electron chi connectivity index (χ3n) is 4.85. The SMILES string of the molecule is CNC(=O)NC(=O)[C@@H](Sc1nnc(COc2ccc(C(C)(C)C)cc2)n1N)c1ccccc1. The minimum absolute atomic E-state index is 0.0570. The fourth-order valence-corrected chi connectivity index (χ4v) is 3.91. The standard InChI is InChI=1S/C23H28N6O3S/c1-23(2,3)16-10-12-17(13-11-16)32-14-18-27-28-22(29(18)24)33-19(15-8-6-5-7-9-15)20(30)26-21(31)25-4/h5-13,19H,14,24H2,1-4H3,(H2,25,26,30,31)/t19-/m0/s1. The third-order valence-corrected chi connectivity index (χ3v) is 6.06. The Labute approximate surface area is 197 Å². The molecule has 9 nitrogen and oxygen atoms in total. The molecular formula is C23H28N6O3S. The summed E-state index contributed by atoms with van der Waals surface area (Å²) in [7, 11) is 1.44. The minimum Gasteiger partial charge on any atom is -0.486 e. The lowest BCUT2D eigenvalue weighted by Crippen LogP contribution is -2.39. The molecule has 10 heteroatoms. The number of aromatic nitrogens is 3. The Morgan fingerprint density at radius 2 is 1.76 bits per heavy atom. The van der Waals surface area contributed by atoms with Crippen LogP contribution in [0.2, 0.25) is 0 Å². The van der Waals surface area contributed by atoms with Crippen LogP contribution in [0.4, 0.5) is 4.79 Å². The molecule has 2 aromatic carbocycles. The zero-order valence-electron chi connectivity index (χ0n) is 19.0. The molecule has 0 unspecified atom stereocenters. The number of benzene rings is 2. The van der Waals surface area contributed by atoms with E-state index in [1.165, 1.54) is 17.3 Å². The molecule has 4 N–H and O–H groups in total. The average Bonchev–Trinajstić information content (AvgIpc) is 3.15. The number of urea groups is 1. The van der Waals surface area contributed by atoms with Gasteiger partial charge >= 0.3 is 6.03 Å². The number of nitrogens with two attached hydrogens (primary N) is 1. The van der Waals surface area contributed by atoms with Gasteiger partial charge in [0.2, 0.25) is 11.1 Å². The second kappa shape index (κ2) is 10.4. The van der Waals surface area contributed by atoms with Crippen molar-refractivity contribution in [2.75, 3.05) is 12.9 Å². The molecule has 174 valence electrons. The van der Waals surface area contributed by atoms with Crippen LogP contribution in [0.3, 0.4) is 0 Å². The molecule has 0 aliphatic rings. The number of thioether (sulfide) groups is 1. The maximum absolute atomic E-state index is 12.7. The number of nitrogens with zero attached hydrogens (tertiary/aromatic N) is 3. The molecule has 0 saturated heterocycles. The van der Waals surface area contributed by atoms with Gasteiger partial charge < -0.3 is 15.9 Å². The first kappa shape index (κ1) is 24.1. The van der Waals surface area contributed by atoms with E-state index < -0.39 is 17.2 Å². The van der Waals surface area contributed by atoms with Gasteiger partial charge in [0.15, 0.2) is 5.82 Å². The van der Waals surface area contributed by atoms with E-state index in [0.29, 0.717) is 22.3 Å². The van der Waals surface area contributed by atoms with Gasteiger partial charge in [-0.2, -0.15) is 0 Å². The fourth-order valence-electron chi connectivity index (χ4n) is 2.93. The van der Waals surface area contributed by atoms with Crippen LogP contribution >= 0.6 is 11.8 Å². The lowest BCUT2D eigenvalue weighted by molar-refractivity contribution is -0.119. The number of imide groups is 1. The lowest BCUT2D eigenvalue weighted by Gasteiger charge is -2.19. The number of rotatable bonds is 7. The molecule has 0 fully saturated rings. The predicted octanol–water partition coefficient (Wildman–Crippen LogP) is 3.16. The van der Waals surface area contributed by atoms with E-state index in [0.717, 1.165) is 11.8 Å². The Kier molecular flexibility index (Phi) is 7.59. The number of hydrogen-bond acceptors (Lipinski definition) is 7. The summed E-state index contributed by atoms with van der Waals surface area (Å²) in [5.74, 6) is 6.77. The van der Waals surface area contributed by atoms with Crippen molar-refractivity contribution >= 4 is 23.7 Å². The summed E-state index contributed by atoms with van der Waals surface area (Å²) >= 11 is 1.09. The van der Waals surface area contributed by atoms with Crippen LogP contribution in [0.15, 0.2) is 59.8 Å². The van der Waals surface area contributed by atoms with Gasteiger partial charge in [0.05, 0.1) is 0 Å². The fraction of sp³-hybridized carbons (Fsp3) is 0.304. The first-order valence-electron chi connectivity index (χ1n) is 10.4. The van der Waals surface area contributed by atoms with E-state index in [1.807, 2.05) is 42.5 Å². The van der Waals surface area contributed by atoms with Crippen molar-refractivity contribution in [2.45, 2.75) is 43.2 Å². The number of carbonyl (C=O) groups excluding carboxylic acids is 2. The largest absolute Gasteiger partial charge is 0.486 e. The number of amides is 3. The normalized spacial score (nSPS) is 12.1. The zero-order chi connectivity index (χ0) is 24.0. The lowest BCUT2D eigenvalue weighted by atomic mass is 9.87. The van der Waals surface area contributed by atoms with Gasteiger partial charge in [-0.15, -0.1) is 10.2 Å². The van der Waals surface area contributed by atoms with Crippen LogP contribution in [0.1, 0.15) is 43.0 Å². The molecule has 0 spiro atoms. The van der Waals surface area contributed by atoms with Gasteiger partial charge in [0, 0.05) is 7.05 Å². The maximum Gasteiger partial charge on any atom is 0.321 e. The van der Waals surface area contributed by atoms with E-state index >= 15 is 0 Å². The van der Waals surface area contributed by atoms with Crippen LogP contribution in [0.25, 0.3) is 0 Å². The molecule has 0 saturated carbocycles. The minimum atomic E-state index is -0.756. The van der Waals surface area contributed by atoms with E-state index in [-0.39, 0.29) is 12.0 Å². The van der Waals surface area contributed by atoms with E-state index in [1.54, 1.807) is 12.1 Å². The highest BCUT2D eigenvalue weighted by Crippen LogP contribution is 2.34. The molecule has 1 atom stereocenters. The Morgan fingerprint density at radius 3 is 2.36 bits per heavy atom. The van der Waals surface area contributed by atoms with Crippen molar-refractivity contribution in [3.8, 4) is 5.75 Å². The Hall–Kier alpha value is -3.53. The summed E-state index contributed by atoms with van der Waals surface area (Å²) in [5, 5.41) is 12.4. The van der Waals surface area contributed by atoms with Crippen LogP contribution in [-0.2, 0) is 16.8 Å². The van der Waals surface area contributed by atoms with Crippen molar-refractivity contribution in [1.29, 1.82) is 0 Å². The highest BCUT2D eigenvalue weighted by Gasteiger charge is 2.26. The van der Waals surface area contributed by atoms with Crippen molar-refractivity contribution in [3.05, 3.63) is 71.5 Å². The summed E-state index contributed by atoms with van der Waals surface area (Å²) in [6.07, 6.45) is 0. The Morgan fingerprint density at radius 1 is 1.09 bits per heavy atom. The summed E-state index contributed by atoms with van der Waals surface area (Å²) in [6.45, 7) is 6.56. The second-order valence-corrected chi connectivity index (χ2v) is 9.38. The van der Waals surface area contributed by atoms with Gasteiger partial charge in [-0.1, -0.05) is 75.0 Å². The topological polar surface area (TPSA) is 124 Å². The van der Waals surface area contributed by atoms with Crippen LogP contribution < -0.4 is 21.2 Å². The molecule has 0 bridgehead atoms.